The summed E-state index contributed by atoms with van der Waals surface area (Å²) in [5.41, 5.74) is 3.40. The van der Waals surface area contributed by atoms with Gasteiger partial charge in [-0.15, -0.1) is 0 Å². The molecule has 0 bridgehead atoms. The highest BCUT2D eigenvalue weighted by atomic mass is 35.5. The maximum Gasteiger partial charge on any atom is 0.278 e. The van der Waals surface area contributed by atoms with Crippen LogP contribution in [0.25, 0.3) is 10.9 Å². The van der Waals surface area contributed by atoms with E-state index >= 15 is 0 Å². The lowest BCUT2D eigenvalue weighted by molar-refractivity contribution is -0.130. The number of aromatic nitrogens is 1. The van der Waals surface area contributed by atoms with Crippen molar-refractivity contribution in [3.05, 3.63) is 65.7 Å². The number of pyridine rings is 1. The quantitative estimate of drug-likeness (QED) is 0.242. The van der Waals surface area contributed by atoms with E-state index in [4.69, 9.17) is 28.6 Å². The molecule has 1 fully saturated rings. The van der Waals surface area contributed by atoms with Gasteiger partial charge in [-0.25, -0.2) is 10.4 Å². The van der Waals surface area contributed by atoms with Gasteiger partial charge in [0.1, 0.15) is 0 Å². The highest BCUT2D eigenvalue weighted by Gasteiger charge is 2.38. The van der Waals surface area contributed by atoms with Crippen molar-refractivity contribution < 1.29 is 19.1 Å². The van der Waals surface area contributed by atoms with Gasteiger partial charge in [0.2, 0.25) is 11.8 Å². The van der Waals surface area contributed by atoms with Crippen LogP contribution >= 0.6 is 23.8 Å². The van der Waals surface area contributed by atoms with Crippen molar-refractivity contribution in [2.45, 2.75) is 0 Å². The summed E-state index contributed by atoms with van der Waals surface area (Å²) >= 11 is 11.0. The number of fused-ring (bicyclic) bond motifs is 1. The second-order valence-corrected chi connectivity index (χ2v) is 7.69. The van der Waals surface area contributed by atoms with Gasteiger partial charge in [-0.1, -0.05) is 29.8 Å². The number of carbonyl (C=O) groups is 3. The van der Waals surface area contributed by atoms with Crippen molar-refractivity contribution in [3.63, 3.8) is 0 Å². The Morgan fingerprint density at radius 3 is 2.73 bits per heavy atom. The van der Waals surface area contributed by atoms with Gasteiger partial charge in [0.05, 0.1) is 11.2 Å². The predicted octanol–water partition coefficient (Wildman–Crippen LogP) is 2.43. The predicted molar refractivity (Wildman–Crippen MR) is 127 cm³/mol. The van der Waals surface area contributed by atoms with E-state index in [-0.39, 0.29) is 17.6 Å². The molecule has 33 heavy (non-hydrogen) atoms. The lowest BCUT2D eigenvalue weighted by atomic mass is 10.1. The summed E-state index contributed by atoms with van der Waals surface area (Å²) in [5.74, 6) is -2.85. The molecule has 1 aromatic heterocycles. The summed E-state index contributed by atoms with van der Waals surface area (Å²) in [5, 5.41) is 7.55. The number of thiocarbonyl (C=S) groups is 1. The Balaban J connectivity index is 1.36. The lowest BCUT2D eigenvalue weighted by Gasteiger charge is -2.30. The molecular weight excluding hydrogens is 466 g/mol. The maximum absolute atomic E-state index is 12.8. The van der Waals surface area contributed by atoms with Crippen LogP contribution in [0.15, 0.2) is 65.8 Å². The van der Waals surface area contributed by atoms with Crippen LogP contribution in [0.3, 0.4) is 0 Å². The largest absolute Gasteiger partial charge is 0.467 e. The Kier molecular flexibility index (Phi) is 6.57. The summed E-state index contributed by atoms with van der Waals surface area (Å²) < 4.78 is 5.38. The van der Waals surface area contributed by atoms with Gasteiger partial charge in [-0.05, 0) is 48.6 Å². The molecule has 2 N–H and O–H groups in total. The molecule has 11 heteroatoms. The smallest absolute Gasteiger partial charge is 0.278 e. The van der Waals surface area contributed by atoms with Crippen molar-refractivity contribution in [2.24, 2.45) is 11.0 Å². The summed E-state index contributed by atoms with van der Waals surface area (Å²) in [6.45, 7) is -0.353. The van der Waals surface area contributed by atoms with Crippen molar-refractivity contribution >= 4 is 69.5 Å². The first-order valence-electron chi connectivity index (χ1n) is 9.67. The Morgan fingerprint density at radius 2 is 1.94 bits per heavy atom. The first kappa shape index (κ1) is 22.3. The van der Waals surface area contributed by atoms with Crippen LogP contribution in [0, 0.1) is 5.92 Å². The van der Waals surface area contributed by atoms with Crippen LogP contribution in [-0.4, -0.2) is 40.6 Å². The van der Waals surface area contributed by atoms with Gasteiger partial charge in [-0.2, -0.15) is 5.10 Å². The molecule has 1 saturated heterocycles. The number of anilines is 1. The molecule has 3 aromatic rings. The zero-order chi connectivity index (χ0) is 23.4. The average Bonchev–Trinajstić information content (AvgIpc) is 2.80. The minimum Gasteiger partial charge on any atom is -0.467 e. The first-order valence-corrected chi connectivity index (χ1v) is 10.5. The molecule has 3 amide bonds. The Morgan fingerprint density at radius 1 is 1.18 bits per heavy atom. The number of benzene rings is 2. The van der Waals surface area contributed by atoms with Crippen LogP contribution in [0.2, 0.25) is 5.02 Å². The van der Waals surface area contributed by atoms with E-state index < -0.39 is 23.6 Å². The fourth-order valence-electron chi connectivity index (χ4n) is 3.04. The normalized spacial score (nSPS) is 16.2. The zero-order valence-corrected chi connectivity index (χ0v) is 18.5. The summed E-state index contributed by atoms with van der Waals surface area (Å²) in [6.07, 6.45) is 1.04. The number of carbonyl (C=O) groups excluding carboxylic acids is 3. The monoisotopic (exact) mass is 481 g/mol. The van der Waals surface area contributed by atoms with Gasteiger partial charge in [-0.3, -0.25) is 19.3 Å². The minimum atomic E-state index is -1.28. The van der Waals surface area contributed by atoms with Gasteiger partial charge in [0, 0.05) is 22.7 Å². The van der Waals surface area contributed by atoms with Crippen molar-refractivity contribution in [1.29, 1.82) is 0 Å². The molecule has 0 spiro atoms. The van der Waals surface area contributed by atoms with Gasteiger partial charge in [0.15, 0.2) is 17.6 Å². The van der Waals surface area contributed by atoms with E-state index in [9.17, 15) is 14.4 Å². The van der Waals surface area contributed by atoms with Gasteiger partial charge in [0.25, 0.3) is 11.8 Å². The number of halogens is 1. The number of ether oxygens (including phenoxy) is 1. The van der Waals surface area contributed by atoms with E-state index in [1.54, 1.807) is 30.3 Å². The summed E-state index contributed by atoms with van der Waals surface area (Å²) in [6, 6.07) is 17.4. The SMILES string of the molecule is O=C(COc1ccc2ccccc2n1)N/N=C\[C@@H]1C(=O)NC(=S)N(c2ccc(Cl)cc2)C1=O. The molecule has 2 heterocycles. The van der Waals surface area contributed by atoms with Crippen LogP contribution < -0.4 is 20.4 Å². The second-order valence-electron chi connectivity index (χ2n) is 6.87. The molecule has 0 unspecified atom stereocenters. The third-order valence-corrected chi connectivity index (χ3v) is 5.16. The standard InChI is InChI=1S/C22H16ClN5O4S/c23-14-6-8-15(9-7-14)28-21(31)16(20(30)26-22(28)33)11-24-27-18(29)12-32-19-10-5-13-3-1-2-4-17(13)25-19/h1-11,16H,12H2,(H,27,29)(H,26,30,33)/b24-11-/t16-/m1/s1. The average molecular weight is 482 g/mol. The molecule has 166 valence electrons. The molecular formula is C22H16ClN5O4S. The summed E-state index contributed by atoms with van der Waals surface area (Å²) in [7, 11) is 0. The molecule has 0 aliphatic carbocycles. The zero-order valence-electron chi connectivity index (χ0n) is 16.9. The molecule has 1 aliphatic heterocycles. The van der Waals surface area contributed by atoms with E-state index in [2.05, 4.69) is 20.8 Å². The Bertz CT molecular complexity index is 1280. The van der Waals surface area contributed by atoms with E-state index in [0.717, 1.165) is 17.1 Å². The molecule has 1 aliphatic rings. The first-order chi connectivity index (χ1) is 15.9. The molecule has 2 aromatic carbocycles. The highest BCUT2D eigenvalue weighted by molar-refractivity contribution is 7.80. The number of amides is 3. The lowest BCUT2D eigenvalue weighted by Crippen LogP contribution is -2.58. The number of hydrogen-bond donors (Lipinski definition) is 2. The van der Waals surface area contributed by atoms with Crippen LogP contribution in [0.5, 0.6) is 5.88 Å². The fraction of sp³-hybridized carbons (Fsp3) is 0.0909. The number of hydrogen-bond acceptors (Lipinski definition) is 7. The molecule has 0 radical (unpaired) electrons. The Hall–Kier alpha value is -3.89. The number of para-hydroxylation sites is 1. The van der Waals surface area contributed by atoms with E-state index in [0.29, 0.717) is 10.7 Å². The second kappa shape index (κ2) is 9.72. The molecule has 0 saturated carbocycles. The Labute approximate surface area is 198 Å². The van der Waals surface area contributed by atoms with Gasteiger partial charge >= 0.3 is 0 Å². The fourth-order valence-corrected chi connectivity index (χ4v) is 3.46. The van der Waals surface area contributed by atoms with Gasteiger partial charge < -0.3 is 10.1 Å². The minimum absolute atomic E-state index is 0.0581. The number of hydrazone groups is 1. The molecule has 1 atom stereocenters. The van der Waals surface area contributed by atoms with Crippen LogP contribution in [0.4, 0.5) is 5.69 Å². The third-order valence-electron chi connectivity index (χ3n) is 4.62. The molecule has 9 nitrogen and oxygen atoms in total. The third kappa shape index (κ3) is 5.13. The number of rotatable bonds is 6. The van der Waals surface area contributed by atoms with Crippen LogP contribution in [0.1, 0.15) is 0 Å². The van der Waals surface area contributed by atoms with E-state index in [1.165, 1.54) is 4.90 Å². The van der Waals surface area contributed by atoms with Crippen molar-refractivity contribution in [2.75, 3.05) is 11.5 Å². The summed E-state index contributed by atoms with van der Waals surface area (Å²) in [4.78, 5) is 42.6. The molecule has 4 rings (SSSR count). The van der Waals surface area contributed by atoms with Crippen molar-refractivity contribution in [1.82, 2.24) is 15.7 Å². The van der Waals surface area contributed by atoms with E-state index in [1.807, 2.05) is 30.3 Å². The maximum atomic E-state index is 12.8. The highest BCUT2D eigenvalue weighted by Crippen LogP contribution is 2.22. The number of nitrogens with zero attached hydrogens (tertiary/aromatic N) is 3. The number of nitrogens with one attached hydrogen (secondary N) is 2. The van der Waals surface area contributed by atoms with Crippen LogP contribution in [-0.2, 0) is 14.4 Å². The van der Waals surface area contributed by atoms with Crippen molar-refractivity contribution in [3.8, 4) is 5.88 Å². The topological polar surface area (TPSA) is 113 Å².